The van der Waals surface area contributed by atoms with Gasteiger partial charge in [-0.05, 0) is 71.3 Å². The van der Waals surface area contributed by atoms with E-state index in [2.05, 4.69) is 22.6 Å². The number of benzene rings is 2. The van der Waals surface area contributed by atoms with Gasteiger partial charge in [0.15, 0.2) is 11.5 Å². The van der Waals surface area contributed by atoms with Crippen LogP contribution >= 0.6 is 22.6 Å². The standard InChI is InChI=1S/C20H19IN2O3/c1-3-25-18-10-14(8-16(11-22)20(23)24)9-17(21)19(18)26-12-15-7-5-4-6-13(15)2/h4-10H,3,12H2,1-2H3,(H2,23,24)/b16-8+. The van der Waals surface area contributed by atoms with Gasteiger partial charge < -0.3 is 15.2 Å². The molecule has 0 heterocycles. The molecule has 26 heavy (non-hydrogen) atoms. The number of carbonyl (C=O) groups is 1. The smallest absolute Gasteiger partial charge is 0.259 e. The van der Waals surface area contributed by atoms with Gasteiger partial charge in [-0.1, -0.05) is 24.3 Å². The van der Waals surface area contributed by atoms with Crippen molar-refractivity contribution >= 4 is 34.6 Å². The van der Waals surface area contributed by atoms with Crippen LogP contribution in [0.5, 0.6) is 11.5 Å². The number of hydrogen-bond acceptors (Lipinski definition) is 4. The largest absolute Gasteiger partial charge is 0.490 e. The van der Waals surface area contributed by atoms with Crippen LogP contribution in [0.15, 0.2) is 42.0 Å². The van der Waals surface area contributed by atoms with Crippen molar-refractivity contribution in [2.45, 2.75) is 20.5 Å². The summed E-state index contributed by atoms with van der Waals surface area (Å²) in [6.45, 7) is 4.80. The molecule has 1 amide bonds. The Hall–Kier alpha value is -2.53. The van der Waals surface area contributed by atoms with Crippen LogP contribution in [0.4, 0.5) is 0 Å². The van der Waals surface area contributed by atoms with E-state index in [1.165, 1.54) is 6.08 Å². The summed E-state index contributed by atoms with van der Waals surface area (Å²) in [6.07, 6.45) is 1.44. The second-order valence-corrected chi connectivity index (χ2v) is 6.67. The van der Waals surface area contributed by atoms with Gasteiger partial charge in [-0.15, -0.1) is 0 Å². The van der Waals surface area contributed by atoms with E-state index in [9.17, 15) is 4.79 Å². The van der Waals surface area contributed by atoms with E-state index in [-0.39, 0.29) is 5.57 Å². The van der Waals surface area contributed by atoms with Crippen molar-refractivity contribution in [1.82, 2.24) is 0 Å². The zero-order chi connectivity index (χ0) is 19.1. The van der Waals surface area contributed by atoms with Gasteiger partial charge in [-0.2, -0.15) is 5.26 Å². The van der Waals surface area contributed by atoms with E-state index < -0.39 is 5.91 Å². The van der Waals surface area contributed by atoms with E-state index in [4.69, 9.17) is 20.5 Å². The average molecular weight is 462 g/mol. The second-order valence-electron chi connectivity index (χ2n) is 5.51. The lowest BCUT2D eigenvalue weighted by molar-refractivity contribution is -0.114. The topological polar surface area (TPSA) is 85.3 Å². The van der Waals surface area contributed by atoms with Crippen molar-refractivity contribution in [2.75, 3.05) is 6.61 Å². The molecule has 0 aliphatic heterocycles. The minimum Gasteiger partial charge on any atom is -0.490 e. The fourth-order valence-electron chi connectivity index (χ4n) is 2.32. The molecule has 0 aliphatic carbocycles. The lowest BCUT2D eigenvalue weighted by atomic mass is 10.1. The number of hydrogen-bond donors (Lipinski definition) is 1. The molecule has 0 spiro atoms. The molecule has 0 saturated heterocycles. The quantitative estimate of drug-likeness (QED) is 0.384. The molecule has 0 unspecified atom stereocenters. The Kier molecular flexibility index (Phi) is 7.04. The lowest BCUT2D eigenvalue weighted by Crippen LogP contribution is -2.12. The van der Waals surface area contributed by atoms with Crippen LogP contribution in [0.3, 0.4) is 0 Å². The molecule has 0 saturated carbocycles. The minimum absolute atomic E-state index is 0.114. The molecule has 0 atom stereocenters. The first-order valence-electron chi connectivity index (χ1n) is 8.01. The van der Waals surface area contributed by atoms with Gasteiger partial charge in [-0.25, -0.2) is 0 Å². The molecular weight excluding hydrogens is 443 g/mol. The summed E-state index contributed by atoms with van der Waals surface area (Å²) in [4.78, 5) is 11.3. The molecular formula is C20H19IN2O3. The van der Waals surface area contributed by atoms with E-state index in [1.54, 1.807) is 12.1 Å². The third-order valence-corrected chi connectivity index (χ3v) is 4.46. The number of ether oxygens (including phenoxy) is 2. The van der Waals surface area contributed by atoms with E-state index in [1.807, 2.05) is 44.2 Å². The first-order chi connectivity index (χ1) is 12.5. The molecule has 2 N–H and O–H groups in total. The fraction of sp³-hybridized carbons (Fsp3) is 0.200. The molecule has 2 aromatic carbocycles. The van der Waals surface area contributed by atoms with Gasteiger partial charge in [0.2, 0.25) is 0 Å². The number of primary amides is 1. The number of rotatable bonds is 7. The summed E-state index contributed by atoms with van der Waals surface area (Å²) >= 11 is 2.15. The SMILES string of the molecule is CCOc1cc(/C=C(\C#N)C(N)=O)cc(I)c1OCc1ccccc1C. The van der Waals surface area contributed by atoms with Crippen LogP contribution < -0.4 is 15.2 Å². The van der Waals surface area contributed by atoms with Gasteiger partial charge in [0.05, 0.1) is 10.2 Å². The highest BCUT2D eigenvalue weighted by atomic mass is 127. The molecule has 2 rings (SSSR count). The highest BCUT2D eigenvalue weighted by molar-refractivity contribution is 14.1. The number of nitriles is 1. The second kappa shape index (κ2) is 9.25. The fourth-order valence-corrected chi connectivity index (χ4v) is 3.10. The van der Waals surface area contributed by atoms with Crippen LogP contribution in [-0.2, 0) is 11.4 Å². The van der Waals surface area contributed by atoms with Crippen LogP contribution in [0.2, 0.25) is 0 Å². The maximum Gasteiger partial charge on any atom is 0.259 e. The Morgan fingerprint density at radius 3 is 2.65 bits per heavy atom. The highest BCUT2D eigenvalue weighted by Gasteiger charge is 2.13. The van der Waals surface area contributed by atoms with E-state index in [0.717, 1.165) is 14.7 Å². The summed E-state index contributed by atoms with van der Waals surface area (Å²) in [7, 11) is 0. The Morgan fingerprint density at radius 2 is 2.04 bits per heavy atom. The number of nitrogens with two attached hydrogens (primary N) is 1. The third-order valence-electron chi connectivity index (χ3n) is 3.66. The van der Waals surface area contributed by atoms with Crippen LogP contribution in [-0.4, -0.2) is 12.5 Å². The molecule has 0 bridgehead atoms. The molecule has 0 aliphatic rings. The van der Waals surface area contributed by atoms with Gasteiger partial charge in [-0.3, -0.25) is 4.79 Å². The number of nitrogens with zero attached hydrogens (tertiary/aromatic N) is 1. The predicted octanol–water partition coefficient (Wildman–Crippen LogP) is 3.97. The first kappa shape index (κ1) is 19.8. The zero-order valence-corrected chi connectivity index (χ0v) is 16.7. The lowest BCUT2D eigenvalue weighted by Gasteiger charge is -2.15. The molecule has 0 fully saturated rings. The van der Waals surface area contributed by atoms with Crippen molar-refractivity contribution < 1.29 is 14.3 Å². The van der Waals surface area contributed by atoms with Crippen molar-refractivity contribution in [3.8, 4) is 17.6 Å². The molecule has 6 heteroatoms. The van der Waals surface area contributed by atoms with E-state index >= 15 is 0 Å². The van der Waals surface area contributed by atoms with Crippen LogP contribution in [0.1, 0.15) is 23.6 Å². The zero-order valence-electron chi connectivity index (χ0n) is 14.6. The van der Waals surface area contributed by atoms with Gasteiger partial charge >= 0.3 is 0 Å². The normalized spacial score (nSPS) is 10.9. The Labute approximate surface area is 166 Å². The summed E-state index contributed by atoms with van der Waals surface area (Å²) in [5, 5.41) is 9.01. The van der Waals surface area contributed by atoms with Crippen LogP contribution in [0, 0.1) is 21.8 Å². The third kappa shape index (κ3) is 4.99. The first-order valence-corrected chi connectivity index (χ1v) is 9.09. The highest BCUT2D eigenvalue weighted by Crippen LogP contribution is 2.35. The predicted molar refractivity (Wildman–Crippen MR) is 109 cm³/mol. The molecule has 5 nitrogen and oxygen atoms in total. The number of amides is 1. The van der Waals surface area contributed by atoms with Crippen molar-refractivity contribution in [3.05, 3.63) is 62.2 Å². The summed E-state index contributed by atoms with van der Waals surface area (Å²) in [5.74, 6) is 0.423. The van der Waals surface area contributed by atoms with E-state index in [0.29, 0.717) is 30.3 Å². The van der Waals surface area contributed by atoms with Gasteiger partial charge in [0, 0.05) is 0 Å². The monoisotopic (exact) mass is 462 g/mol. The number of aryl methyl sites for hydroxylation is 1. The molecule has 134 valence electrons. The molecule has 0 radical (unpaired) electrons. The average Bonchev–Trinajstić information content (AvgIpc) is 2.60. The Balaban J connectivity index is 2.36. The number of halogens is 1. The van der Waals surface area contributed by atoms with Crippen molar-refractivity contribution in [1.29, 1.82) is 5.26 Å². The molecule has 2 aromatic rings. The maximum atomic E-state index is 11.3. The summed E-state index contributed by atoms with van der Waals surface area (Å²) < 4.78 is 12.5. The van der Waals surface area contributed by atoms with Crippen molar-refractivity contribution in [2.24, 2.45) is 5.73 Å². The number of carbonyl (C=O) groups excluding carboxylic acids is 1. The summed E-state index contributed by atoms with van der Waals surface area (Å²) in [5.41, 5.74) is 7.98. The Morgan fingerprint density at radius 1 is 1.31 bits per heavy atom. The van der Waals surface area contributed by atoms with Crippen LogP contribution in [0.25, 0.3) is 6.08 Å². The Bertz CT molecular complexity index is 885. The maximum absolute atomic E-state index is 11.3. The van der Waals surface area contributed by atoms with Crippen molar-refractivity contribution in [3.63, 3.8) is 0 Å². The molecule has 0 aromatic heterocycles. The van der Waals surface area contributed by atoms with Gasteiger partial charge in [0.25, 0.3) is 5.91 Å². The minimum atomic E-state index is -0.764. The summed E-state index contributed by atoms with van der Waals surface area (Å²) in [6, 6.07) is 13.4. The van der Waals surface area contributed by atoms with Gasteiger partial charge in [0.1, 0.15) is 18.2 Å².